The number of amides is 2. The molecule has 1 aliphatic carbocycles. The Morgan fingerprint density at radius 2 is 2.00 bits per heavy atom. The number of nitrogens with two attached hydrogens (primary N) is 1. The van der Waals surface area contributed by atoms with E-state index in [1.54, 1.807) is 19.4 Å². The SMILES string of the molecule is COCCCNC(=O)[C@H](Cc1cccc(Oc2ccc(Br)cn2)c1)NC(=O)C1CCC(CN)CC1. The van der Waals surface area contributed by atoms with Gasteiger partial charge in [0.05, 0.1) is 0 Å². The summed E-state index contributed by atoms with van der Waals surface area (Å²) in [5.74, 6) is 1.22. The monoisotopic (exact) mass is 546 g/mol. The van der Waals surface area contributed by atoms with Crippen molar-refractivity contribution in [3.63, 3.8) is 0 Å². The lowest BCUT2D eigenvalue weighted by atomic mass is 9.81. The maximum Gasteiger partial charge on any atom is 0.242 e. The molecule has 1 atom stereocenters. The van der Waals surface area contributed by atoms with Crippen LogP contribution in [0.1, 0.15) is 37.7 Å². The van der Waals surface area contributed by atoms with Gasteiger partial charge in [-0.15, -0.1) is 0 Å². The third kappa shape index (κ3) is 8.91. The Hall–Kier alpha value is -2.49. The van der Waals surface area contributed by atoms with Crippen LogP contribution in [0.2, 0.25) is 0 Å². The quantitative estimate of drug-likeness (QED) is 0.350. The van der Waals surface area contributed by atoms with Gasteiger partial charge in [0, 0.05) is 49.3 Å². The molecule has 0 radical (unpaired) electrons. The fraction of sp³-hybridized carbons (Fsp3) is 0.500. The maximum atomic E-state index is 13.0. The molecule has 0 bridgehead atoms. The van der Waals surface area contributed by atoms with E-state index >= 15 is 0 Å². The number of halogens is 1. The van der Waals surface area contributed by atoms with E-state index < -0.39 is 6.04 Å². The van der Waals surface area contributed by atoms with Crippen LogP contribution in [0.5, 0.6) is 11.6 Å². The summed E-state index contributed by atoms with van der Waals surface area (Å²) in [4.78, 5) is 30.3. The van der Waals surface area contributed by atoms with Gasteiger partial charge in [-0.2, -0.15) is 0 Å². The molecule has 2 amide bonds. The van der Waals surface area contributed by atoms with Crippen molar-refractivity contribution in [3.05, 3.63) is 52.6 Å². The number of hydrogen-bond acceptors (Lipinski definition) is 6. The maximum absolute atomic E-state index is 13.0. The van der Waals surface area contributed by atoms with Gasteiger partial charge in [0.15, 0.2) is 0 Å². The molecular formula is C26H35BrN4O4. The van der Waals surface area contributed by atoms with Gasteiger partial charge in [-0.3, -0.25) is 9.59 Å². The minimum Gasteiger partial charge on any atom is -0.439 e. The Labute approximate surface area is 215 Å². The van der Waals surface area contributed by atoms with Gasteiger partial charge in [0.2, 0.25) is 17.7 Å². The van der Waals surface area contributed by atoms with Crippen LogP contribution in [0, 0.1) is 11.8 Å². The van der Waals surface area contributed by atoms with Gasteiger partial charge in [0.1, 0.15) is 11.8 Å². The van der Waals surface area contributed by atoms with E-state index in [0.29, 0.717) is 50.1 Å². The molecule has 0 saturated heterocycles. The second-order valence-electron chi connectivity index (χ2n) is 8.92. The molecular weight excluding hydrogens is 512 g/mol. The van der Waals surface area contributed by atoms with Crippen molar-refractivity contribution in [2.75, 3.05) is 26.8 Å². The number of carbonyl (C=O) groups excluding carboxylic acids is 2. The first-order valence-corrected chi connectivity index (χ1v) is 12.9. The average Bonchev–Trinajstić information content (AvgIpc) is 2.87. The van der Waals surface area contributed by atoms with Crippen molar-refractivity contribution < 1.29 is 19.1 Å². The number of pyridine rings is 1. The number of aromatic nitrogens is 1. The normalized spacial score (nSPS) is 18.5. The van der Waals surface area contributed by atoms with E-state index in [1.807, 2.05) is 30.3 Å². The van der Waals surface area contributed by atoms with Gasteiger partial charge in [-0.1, -0.05) is 12.1 Å². The largest absolute Gasteiger partial charge is 0.439 e. The van der Waals surface area contributed by atoms with Crippen LogP contribution in [-0.2, 0) is 20.7 Å². The summed E-state index contributed by atoms with van der Waals surface area (Å²) in [6.07, 6.45) is 6.23. The van der Waals surface area contributed by atoms with E-state index in [-0.39, 0.29) is 17.7 Å². The van der Waals surface area contributed by atoms with Gasteiger partial charge in [0.25, 0.3) is 0 Å². The van der Waals surface area contributed by atoms with E-state index in [2.05, 4.69) is 31.5 Å². The van der Waals surface area contributed by atoms with Crippen LogP contribution in [0.25, 0.3) is 0 Å². The zero-order valence-corrected chi connectivity index (χ0v) is 21.8. The van der Waals surface area contributed by atoms with Crippen LogP contribution in [0.15, 0.2) is 47.1 Å². The molecule has 0 unspecified atom stereocenters. The highest BCUT2D eigenvalue weighted by Gasteiger charge is 2.29. The molecule has 0 spiro atoms. The number of ether oxygens (including phenoxy) is 2. The van der Waals surface area contributed by atoms with Crippen molar-refractivity contribution in [1.82, 2.24) is 15.6 Å². The van der Waals surface area contributed by atoms with Crippen LogP contribution in [-0.4, -0.2) is 49.6 Å². The van der Waals surface area contributed by atoms with Crippen LogP contribution >= 0.6 is 15.9 Å². The molecule has 0 aliphatic heterocycles. The molecule has 4 N–H and O–H groups in total. The molecule has 1 aromatic heterocycles. The second kappa shape index (κ2) is 14.2. The third-order valence-corrected chi connectivity index (χ3v) is 6.74. The fourth-order valence-corrected chi connectivity index (χ4v) is 4.46. The Kier molecular flexibility index (Phi) is 11.0. The summed E-state index contributed by atoms with van der Waals surface area (Å²) in [5.41, 5.74) is 6.67. The minimum absolute atomic E-state index is 0.0658. The van der Waals surface area contributed by atoms with Crippen molar-refractivity contribution >= 4 is 27.7 Å². The highest BCUT2D eigenvalue weighted by atomic mass is 79.9. The Morgan fingerprint density at radius 1 is 1.20 bits per heavy atom. The molecule has 35 heavy (non-hydrogen) atoms. The number of hydrogen-bond donors (Lipinski definition) is 3. The Morgan fingerprint density at radius 3 is 2.69 bits per heavy atom. The van der Waals surface area contributed by atoms with E-state index in [4.69, 9.17) is 15.2 Å². The standard InChI is InChI=1S/C26H35BrN4O4/c1-34-13-3-12-29-26(33)23(31-25(32)20-8-6-18(16-28)7-9-20)15-19-4-2-5-22(14-19)35-24-11-10-21(27)17-30-24/h2,4-5,10-11,14,17-18,20,23H,3,6-9,12-13,15-16,28H2,1H3,(H,29,33)(H,31,32)/t18?,20?,23-/m0/s1. The smallest absolute Gasteiger partial charge is 0.242 e. The molecule has 8 nitrogen and oxygen atoms in total. The van der Waals surface area contributed by atoms with E-state index in [1.165, 1.54) is 0 Å². The fourth-order valence-electron chi connectivity index (χ4n) is 4.23. The Bertz CT molecular complexity index is 949. The molecule has 9 heteroatoms. The van der Waals surface area contributed by atoms with E-state index in [0.717, 1.165) is 35.7 Å². The highest BCUT2D eigenvalue weighted by Crippen LogP contribution is 2.28. The van der Waals surface area contributed by atoms with Crippen LogP contribution in [0.4, 0.5) is 0 Å². The van der Waals surface area contributed by atoms with Crippen molar-refractivity contribution in [1.29, 1.82) is 0 Å². The first-order valence-electron chi connectivity index (χ1n) is 12.1. The lowest BCUT2D eigenvalue weighted by Gasteiger charge is -2.28. The van der Waals surface area contributed by atoms with Gasteiger partial charge in [-0.05, 0) is 84.3 Å². The predicted molar refractivity (Wildman–Crippen MR) is 138 cm³/mol. The first-order chi connectivity index (χ1) is 17.0. The summed E-state index contributed by atoms with van der Waals surface area (Å²) >= 11 is 3.36. The first kappa shape index (κ1) is 27.1. The van der Waals surface area contributed by atoms with Crippen molar-refractivity contribution in [3.8, 4) is 11.6 Å². The number of carbonyl (C=O) groups is 2. The van der Waals surface area contributed by atoms with Gasteiger partial charge >= 0.3 is 0 Å². The lowest BCUT2D eigenvalue weighted by Crippen LogP contribution is -2.50. The summed E-state index contributed by atoms with van der Waals surface area (Å²) < 4.78 is 11.8. The molecule has 1 saturated carbocycles. The second-order valence-corrected chi connectivity index (χ2v) is 9.84. The molecule has 1 aromatic carbocycles. The number of benzene rings is 1. The van der Waals surface area contributed by atoms with Crippen molar-refractivity contribution in [2.45, 2.75) is 44.6 Å². The lowest BCUT2D eigenvalue weighted by molar-refractivity contribution is -0.131. The van der Waals surface area contributed by atoms with Crippen molar-refractivity contribution in [2.24, 2.45) is 17.6 Å². The topological polar surface area (TPSA) is 116 Å². The summed E-state index contributed by atoms with van der Waals surface area (Å²) in [6.45, 7) is 1.71. The van der Waals surface area contributed by atoms with Crippen LogP contribution in [0.3, 0.4) is 0 Å². The molecule has 3 rings (SSSR count). The zero-order chi connectivity index (χ0) is 25.0. The zero-order valence-electron chi connectivity index (χ0n) is 20.2. The summed E-state index contributed by atoms with van der Waals surface area (Å²) in [6, 6.07) is 10.4. The summed E-state index contributed by atoms with van der Waals surface area (Å²) in [5, 5.41) is 5.94. The Balaban J connectivity index is 1.66. The number of nitrogens with zero attached hydrogens (tertiary/aromatic N) is 1. The third-order valence-electron chi connectivity index (χ3n) is 6.27. The predicted octanol–water partition coefficient (Wildman–Crippen LogP) is 3.58. The molecule has 1 heterocycles. The molecule has 1 aliphatic rings. The number of nitrogens with one attached hydrogen (secondary N) is 2. The molecule has 2 aromatic rings. The molecule has 1 fully saturated rings. The number of rotatable bonds is 12. The molecule has 190 valence electrons. The average molecular weight is 547 g/mol. The minimum atomic E-state index is -0.682. The van der Waals surface area contributed by atoms with Gasteiger partial charge < -0.3 is 25.8 Å². The van der Waals surface area contributed by atoms with Gasteiger partial charge in [-0.25, -0.2) is 4.98 Å². The highest BCUT2D eigenvalue weighted by molar-refractivity contribution is 9.10. The van der Waals surface area contributed by atoms with E-state index in [9.17, 15) is 9.59 Å². The number of methoxy groups -OCH3 is 1. The summed E-state index contributed by atoms with van der Waals surface area (Å²) in [7, 11) is 1.63. The van der Waals surface area contributed by atoms with Crippen LogP contribution < -0.4 is 21.1 Å².